The van der Waals surface area contributed by atoms with E-state index in [1.54, 1.807) is 12.3 Å². The maximum atomic E-state index is 13.3. The predicted molar refractivity (Wildman–Crippen MR) is 65.5 cm³/mol. The van der Waals surface area contributed by atoms with Crippen molar-refractivity contribution in [2.75, 3.05) is 0 Å². The van der Waals surface area contributed by atoms with Gasteiger partial charge in [-0.2, -0.15) is 0 Å². The number of hydrogen-bond donors (Lipinski definition) is 1. The van der Waals surface area contributed by atoms with Crippen molar-refractivity contribution in [3.8, 4) is 0 Å². The number of halogens is 2. The van der Waals surface area contributed by atoms with Crippen LogP contribution in [0.5, 0.6) is 0 Å². The van der Waals surface area contributed by atoms with Gasteiger partial charge in [-0.1, -0.05) is 6.92 Å². The van der Waals surface area contributed by atoms with Crippen molar-refractivity contribution in [1.82, 2.24) is 0 Å². The summed E-state index contributed by atoms with van der Waals surface area (Å²) in [7, 11) is 0. The van der Waals surface area contributed by atoms with E-state index < -0.39 is 0 Å². The maximum absolute atomic E-state index is 13.3. The molecule has 0 fully saturated rings. The van der Waals surface area contributed by atoms with Crippen molar-refractivity contribution in [2.24, 2.45) is 5.73 Å². The fourth-order valence-electron chi connectivity index (χ4n) is 1.69. The van der Waals surface area contributed by atoms with Crippen molar-refractivity contribution in [3.63, 3.8) is 0 Å². The van der Waals surface area contributed by atoms with E-state index >= 15 is 0 Å². The molecule has 2 rings (SSSR count). The molecule has 2 nitrogen and oxygen atoms in total. The summed E-state index contributed by atoms with van der Waals surface area (Å²) in [6, 6.07) is 4.70. The Hall–Kier alpha value is -1.06. The number of benzene rings is 1. The molecule has 16 heavy (non-hydrogen) atoms. The minimum absolute atomic E-state index is 0. The van der Waals surface area contributed by atoms with Gasteiger partial charge in [0.15, 0.2) is 0 Å². The summed E-state index contributed by atoms with van der Waals surface area (Å²) in [4.78, 5) is 0. The Bertz CT molecular complexity index is 481. The van der Waals surface area contributed by atoms with Crippen LogP contribution in [-0.4, -0.2) is 6.04 Å². The van der Waals surface area contributed by atoms with Gasteiger partial charge in [-0.3, -0.25) is 0 Å². The highest BCUT2D eigenvalue weighted by Crippen LogP contribution is 2.29. The first-order chi connectivity index (χ1) is 7.09. The molecule has 2 unspecified atom stereocenters. The van der Waals surface area contributed by atoms with Crippen molar-refractivity contribution < 1.29 is 8.81 Å². The lowest BCUT2D eigenvalue weighted by Gasteiger charge is -2.16. The average molecular weight is 244 g/mol. The zero-order valence-corrected chi connectivity index (χ0v) is 10.1. The summed E-state index contributed by atoms with van der Waals surface area (Å²) < 4.78 is 18.7. The third-order valence-electron chi connectivity index (χ3n) is 2.82. The Labute approximate surface area is 100 Å². The molecule has 0 saturated heterocycles. The molecule has 0 saturated carbocycles. The molecule has 0 bridgehead atoms. The van der Waals surface area contributed by atoms with Crippen molar-refractivity contribution in [2.45, 2.75) is 25.8 Å². The molecule has 1 aromatic heterocycles. The van der Waals surface area contributed by atoms with E-state index in [4.69, 9.17) is 10.2 Å². The second-order valence-corrected chi connectivity index (χ2v) is 3.98. The quantitative estimate of drug-likeness (QED) is 0.878. The van der Waals surface area contributed by atoms with Crippen LogP contribution in [0.4, 0.5) is 4.39 Å². The summed E-state index contributed by atoms with van der Waals surface area (Å²) in [5.74, 6) is -0.166. The molecule has 2 N–H and O–H groups in total. The molecule has 0 aliphatic heterocycles. The van der Waals surface area contributed by atoms with Gasteiger partial charge in [0.05, 0.1) is 6.26 Å². The van der Waals surface area contributed by atoms with Crippen LogP contribution >= 0.6 is 12.4 Å². The van der Waals surface area contributed by atoms with Crippen LogP contribution in [0.25, 0.3) is 11.0 Å². The van der Waals surface area contributed by atoms with Crippen molar-refractivity contribution >= 4 is 23.4 Å². The second kappa shape index (κ2) is 4.85. The van der Waals surface area contributed by atoms with Crippen LogP contribution in [0, 0.1) is 5.82 Å². The van der Waals surface area contributed by atoms with E-state index in [9.17, 15) is 4.39 Å². The summed E-state index contributed by atoms with van der Waals surface area (Å²) in [6.45, 7) is 3.88. The van der Waals surface area contributed by atoms with Crippen molar-refractivity contribution in [3.05, 3.63) is 35.8 Å². The van der Waals surface area contributed by atoms with Gasteiger partial charge < -0.3 is 10.2 Å². The van der Waals surface area contributed by atoms with E-state index in [1.807, 2.05) is 13.8 Å². The molecule has 1 aromatic carbocycles. The standard InChI is InChI=1S/C12H14FNO.ClH/c1-7(8(2)14)11-6-10(13)5-9-3-4-15-12(9)11;/h3-8H,14H2,1-2H3;1H. The molecule has 1 heterocycles. The van der Waals surface area contributed by atoms with E-state index in [0.717, 1.165) is 16.5 Å². The molecule has 0 amide bonds. The number of hydrogen-bond acceptors (Lipinski definition) is 2. The van der Waals surface area contributed by atoms with Crippen LogP contribution in [0.1, 0.15) is 25.3 Å². The Morgan fingerprint density at radius 3 is 2.62 bits per heavy atom. The average Bonchev–Trinajstić information content (AvgIpc) is 2.62. The lowest BCUT2D eigenvalue weighted by atomic mass is 9.93. The predicted octanol–water partition coefficient (Wildman–Crippen LogP) is 3.44. The molecular weight excluding hydrogens is 229 g/mol. The van der Waals surface area contributed by atoms with Crippen molar-refractivity contribution in [1.29, 1.82) is 0 Å². The smallest absolute Gasteiger partial charge is 0.137 e. The first-order valence-corrected chi connectivity index (χ1v) is 5.02. The lowest BCUT2D eigenvalue weighted by molar-refractivity contribution is 0.569. The highest BCUT2D eigenvalue weighted by molar-refractivity contribution is 5.85. The molecule has 0 radical (unpaired) electrons. The Morgan fingerprint density at radius 2 is 2.00 bits per heavy atom. The van der Waals surface area contributed by atoms with E-state index in [-0.39, 0.29) is 30.2 Å². The molecule has 0 aliphatic rings. The van der Waals surface area contributed by atoms with Crippen LogP contribution in [0.2, 0.25) is 0 Å². The van der Waals surface area contributed by atoms with Crippen LogP contribution < -0.4 is 5.73 Å². The second-order valence-electron chi connectivity index (χ2n) is 3.98. The summed E-state index contributed by atoms with van der Waals surface area (Å²) in [6.07, 6.45) is 1.57. The van der Waals surface area contributed by atoms with Gasteiger partial charge in [-0.05, 0) is 31.0 Å². The van der Waals surface area contributed by atoms with Gasteiger partial charge in [-0.15, -0.1) is 12.4 Å². The highest BCUT2D eigenvalue weighted by atomic mass is 35.5. The minimum atomic E-state index is -0.244. The van der Waals surface area contributed by atoms with E-state index in [2.05, 4.69) is 0 Å². The largest absolute Gasteiger partial charge is 0.464 e. The minimum Gasteiger partial charge on any atom is -0.464 e. The fourth-order valence-corrected chi connectivity index (χ4v) is 1.69. The SMILES string of the molecule is CC(N)C(C)c1cc(F)cc2ccoc12.Cl. The Balaban J connectivity index is 0.00000128. The third-order valence-corrected chi connectivity index (χ3v) is 2.82. The number of furan rings is 1. The molecule has 2 atom stereocenters. The number of rotatable bonds is 2. The van der Waals surface area contributed by atoms with E-state index in [0.29, 0.717) is 0 Å². The molecule has 4 heteroatoms. The third kappa shape index (κ3) is 2.20. The highest BCUT2D eigenvalue weighted by Gasteiger charge is 2.16. The maximum Gasteiger partial charge on any atom is 0.137 e. The summed E-state index contributed by atoms with van der Waals surface area (Å²) in [5.41, 5.74) is 7.39. The Kier molecular flexibility index (Phi) is 3.94. The van der Waals surface area contributed by atoms with Crippen LogP contribution in [0.3, 0.4) is 0 Å². The molecule has 0 spiro atoms. The van der Waals surface area contributed by atoms with Gasteiger partial charge in [0.2, 0.25) is 0 Å². The monoisotopic (exact) mass is 243 g/mol. The zero-order chi connectivity index (χ0) is 11.0. The van der Waals surface area contributed by atoms with Gasteiger partial charge in [0, 0.05) is 17.0 Å². The first kappa shape index (κ1) is 13.0. The van der Waals surface area contributed by atoms with Crippen LogP contribution in [0.15, 0.2) is 28.9 Å². The molecular formula is C12H15ClFNO. The van der Waals surface area contributed by atoms with Crippen LogP contribution in [-0.2, 0) is 0 Å². The molecule has 88 valence electrons. The number of nitrogens with two attached hydrogens (primary N) is 1. The molecule has 0 aliphatic carbocycles. The normalized spacial score (nSPS) is 14.5. The first-order valence-electron chi connectivity index (χ1n) is 5.02. The fraction of sp³-hybridized carbons (Fsp3) is 0.333. The zero-order valence-electron chi connectivity index (χ0n) is 9.24. The summed E-state index contributed by atoms with van der Waals surface area (Å²) in [5, 5.41) is 0.789. The lowest BCUT2D eigenvalue weighted by Crippen LogP contribution is -2.22. The summed E-state index contributed by atoms with van der Waals surface area (Å²) >= 11 is 0. The van der Waals surface area contributed by atoms with Gasteiger partial charge in [-0.25, -0.2) is 4.39 Å². The molecule has 2 aromatic rings. The van der Waals surface area contributed by atoms with Gasteiger partial charge >= 0.3 is 0 Å². The number of fused-ring (bicyclic) bond motifs is 1. The topological polar surface area (TPSA) is 39.2 Å². The van der Waals surface area contributed by atoms with Gasteiger partial charge in [0.25, 0.3) is 0 Å². The van der Waals surface area contributed by atoms with E-state index in [1.165, 1.54) is 12.1 Å². The Morgan fingerprint density at radius 1 is 1.31 bits per heavy atom. The van der Waals surface area contributed by atoms with Gasteiger partial charge in [0.1, 0.15) is 11.4 Å².